The van der Waals surface area contributed by atoms with Gasteiger partial charge < -0.3 is 9.47 Å². The van der Waals surface area contributed by atoms with E-state index in [9.17, 15) is 17.6 Å². The Morgan fingerprint density at radius 2 is 1.68 bits per heavy atom. The minimum atomic E-state index is -4.25. The average molecular weight is 506 g/mol. The Labute approximate surface area is 201 Å². The average Bonchev–Trinajstić information content (AvgIpc) is 2.84. The number of methoxy groups -OCH3 is 2. The van der Waals surface area contributed by atoms with E-state index in [0.717, 1.165) is 16.4 Å². The molecule has 3 rings (SSSR count). The number of rotatable bonds is 9. The van der Waals surface area contributed by atoms with Crippen LogP contribution in [0.15, 0.2) is 76.7 Å². The fourth-order valence-corrected chi connectivity index (χ4v) is 4.48. The van der Waals surface area contributed by atoms with Crippen molar-refractivity contribution in [3.8, 4) is 11.5 Å². The smallest absolute Gasteiger partial charge is 0.264 e. The first kappa shape index (κ1) is 25.0. The summed E-state index contributed by atoms with van der Waals surface area (Å²) < 4.78 is 51.6. The molecular weight excluding hydrogens is 485 g/mol. The first-order valence-corrected chi connectivity index (χ1v) is 11.6. The molecule has 0 radical (unpaired) electrons. The molecule has 1 amide bonds. The number of anilines is 1. The molecule has 0 atom stereocenters. The van der Waals surface area contributed by atoms with Crippen molar-refractivity contribution in [1.82, 2.24) is 5.43 Å². The molecule has 3 aromatic carbocycles. The van der Waals surface area contributed by atoms with Crippen molar-refractivity contribution in [2.45, 2.75) is 4.90 Å². The summed E-state index contributed by atoms with van der Waals surface area (Å²) in [6.45, 7) is -0.611. The van der Waals surface area contributed by atoms with Gasteiger partial charge in [-0.2, -0.15) is 5.10 Å². The van der Waals surface area contributed by atoms with Crippen LogP contribution in [0, 0.1) is 5.82 Å². The lowest BCUT2D eigenvalue weighted by molar-refractivity contribution is -0.119. The summed E-state index contributed by atoms with van der Waals surface area (Å²) in [5.74, 6) is -0.730. The van der Waals surface area contributed by atoms with E-state index < -0.39 is 28.3 Å². The first-order valence-electron chi connectivity index (χ1n) is 9.82. The third kappa shape index (κ3) is 6.03. The normalized spacial score (nSPS) is 11.3. The second-order valence-electron chi connectivity index (χ2n) is 6.85. The molecule has 34 heavy (non-hydrogen) atoms. The van der Waals surface area contributed by atoms with Crippen molar-refractivity contribution in [1.29, 1.82) is 0 Å². The van der Waals surface area contributed by atoms with Crippen LogP contribution in [0.4, 0.5) is 10.1 Å². The molecule has 1 N–H and O–H groups in total. The van der Waals surface area contributed by atoms with Gasteiger partial charge in [-0.3, -0.25) is 9.10 Å². The Morgan fingerprint density at radius 1 is 1.03 bits per heavy atom. The number of carbonyl (C=O) groups excluding carboxylic acids is 1. The van der Waals surface area contributed by atoms with E-state index in [-0.39, 0.29) is 16.3 Å². The predicted octanol–water partition coefficient (Wildman–Crippen LogP) is 3.84. The topological polar surface area (TPSA) is 97.3 Å². The number of halogens is 2. The van der Waals surface area contributed by atoms with Crippen LogP contribution in [0.5, 0.6) is 11.5 Å². The van der Waals surface area contributed by atoms with Crippen molar-refractivity contribution in [2.75, 3.05) is 25.1 Å². The molecule has 0 aromatic heterocycles. The molecule has 0 spiro atoms. The second kappa shape index (κ2) is 11.0. The van der Waals surface area contributed by atoms with Crippen molar-refractivity contribution < 1.29 is 27.1 Å². The number of carbonyl (C=O) groups is 1. The maximum absolute atomic E-state index is 13.5. The van der Waals surface area contributed by atoms with Crippen molar-refractivity contribution in [3.05, 3.63) is 83.1 Å². The number of benzene rings is 3. The van der Waals surface area contributed by atoms with E-state index in [1.165, 1.54) is 50.8 Å². The van der Waals surface area contributed by atoms with Gasteiger partial charge in [-0.05, 0) is 54.1 Å². The molecule has 11 heteroatoms. The molecule has 0 saturated heterocycles. The first-order chi connectivity index (χ1) is 16.2. The molecule has 0 saturated carbocycles. The van der Waals surface area contributed by atoms with Gasteiger partial charge in [0.15, 0.2) is 11.5 Å². The summed E-state index contributed by atoms with van der Waals surface area (Å²) in [7, 11) is -1.46. The summed E-state index contributed by atoms with van der Waals surface area (Å²) in [5.41, 5.74) is 3.06. The number of hydrogen-bond acceptors (Lipinski definition) is 6. The summed E-state index contributed by atoms with van der Waals surface area (Å²) in [6.07, 6.45) is 1.39. The number of hydrazone groups is 1. The third-order valence-corrected chi connectivity index (χ3v) is 6.64. The van der Waals surface area contributed by atoms with E-state index in [4.69, 9.17) is 21.1 Å². The van der Waals surface area contributed by atoms with Gasteiger partial charge in [0.05, 0.1) is 31.0 Å². The van der Waals surface area contributed by atoms with Gasteiger partial charge in [0.1, 0.15) is 12.4 Å². The van der Waals surface area contributed by atoms with E-state index in [0.29, 0.717) is 16.3 Å². The lowest BCUT2D eigenvalue weighted by Crippen LogP contribution is -2.39. The van der Waals surface area contributed by atoms with E-state index >= 15 is 0 Å². The zero-order chi connectivity index (χ0) is 24.7. The molecule has 0 bridgehead atoms. The Hall–Kier alpha value is -3.63. The van der Waals surface area contributed by atoms with Crippen LogP contribution in [-0.4, -0.2) is 41.3 Å². The molecule has 3 aromatic rings. The summed E-state index contributed by atoms with van der Waals surface area (Å²) in [4.78, 5) is 12.4. The number of ether oxygens (including phenoxy) is 2. The number of amides is 1. The molecule has 0 heterocycles. The van der Waals surface area contributed by atoms with Gasteiger partial charge in [0.25, 0.3) is 15.9 Å². The molecule has 0 aliphatic heterocycles. The summed E-state index contributed by atoms with van der Waals surface area (Å²) >= 11 is 5.84. The van der Waals surface area contributed by atoms with E-state index in [1.807, 2.05) is 0 Å². The molecule has 0 aliphatic carbocycles. The van der Waals surface area contributed by atoms with Crippen molar-refractivity contribution in [3.63, 3.8) is 0 Å². The predicted molar refractivity (Wildman–Crippen MR) is 128 cm³/mol. The van der Waals surface area contributed by atoms with Crippen LogP contribution < -0.4 is 19.2 Å². The summed E-state index contributed by atoms with van der Waals surface area (Å²) in [6, 6.07) is 15.5. The monoisotopic (exact) mass is 505 g/mol. The Kier molecular flexibility index (Phi) is 8.08. The largest absolute Gasteiger partial charge is 0.493 e. The van der Waals surface area contributed by atoms with Crippen molar-refractivity contribution in [2.24, 2.45) is 5.10 Å². The second-order valence-corrected chi connectivity index (χ2v) is 9.15. The highest BCUT2D eigenvalue weighted by molar-refractivity contribution is 7.92. The lowest BCUT2D eigenvalue weighted by atomic mass is 10.2. The highest BCUT2D eigenvalue weighted by Gasteiger charge is 2.28. The number of sulfonamides is 1. The van der Waals surface area contributed by atoms with Crippen LogP contribution >= 0.6 is 11.6 Å². The van der Waals surface area contributed by atoms with Gasteiger partial charge >= 0.3 is 0 Å². The van der Waals surface area contributed by atoms with Crippen LogP contribution in [0.2, 0.25) is 5.02 Å². The molecule has 0 fully saturated rings. The fourth-order valence-electron chi connectivity index (χ4n) is 2.92. The Morgan fingerprint density at radius 3 is 2.29 bits per heavy atom. The zero-order valence-electron chi connectivity index (χ0n) is 18.2. The quantitative estimate of drug-likeness (QED) is 0.352. The van der Waals surface area contributed by atoms with Crippen LogP contribution in [0.25, 0.3) is 0 Å². The Balaban J connectivity index is 1.88. The van der Waals surface area contributed by atoms with Gasteiger partial charge in [0, 0.05) is 11.1 Å². The van der Waals surface area contributed by atoms with Gasteiger partial charge in [-0.15, -0.1) is 0 Å². The van der Waals surface area contributed by atoms with E-state index in [2.05, 4.69) is 10.5 Å². The third-order valence-electron chi connectivity index (χ3n) is 4.62. The summed E-state index contributed by atoms with van der Waals surface area (Å²) in [5, 5.41) is 4.40. The molecule has 178 valence electrons. The van der Waals surface area contributed by atoms with Crippen LogP contribution in [0.1, 0.15) is 5.56 Å². The number of hydrogen-bond donors (Lipinski definition) is 1. The molecule has 0 unspecified atom stereocenters. The van der Waals surface area contributed by atoms with Gasteiger partial charge in [-0.25, -0.2) is 18.2 Å². The molecule has 8 nitrogen and oxygen atoms in total. The highest BCUT2D eigenvalue weighted by Crippen LogP contribution is 2.32. The maximum atomic E-state index is 13.5. The molecular formula is C23H21ClFN3O5S. The van der Waals surface area contributed by atoms with Crippen molar-refractivity contribution >= 4 is 39.4 Å². The molecule has 0 aliphatic rings. The highest BCUT2D eigenvalue weighted by atomic mass is 35.5. The Bertz CT molecular complexity index is 1280. The standard InChI is InChI=1S/C23H21ClFN3O5S/c1-32-21-12-11-20(13-22(21)33-2)34(30,31)28(19-9-7-18(25)8-10-19)15-23(29)27-26-14-16-3-5-17(24)6-4-16/h3-14H,15H2,1-2H3,(H,27,29)/b26-14-. The van der Waals surface area contributed by atoms with Gasteiger partial charge in [-0.1, -0.05) is 23.7 Å². The number of nitrogens with one attached hydrogen (secondary N) is 1. The SMILES string of the molecule is COc1ccc(S(=O)(=O)N(CC(=O)N/N=C\c2ccc(Cl)cc2)c2ccc(F)cc2)cc1OC. The number of nitrogens with zero attached hydrogens (tertiary/aromatic N) is 2. The van der Waals surface area contributed by atoms with E-state index in [1.54, 1.807) is 24.3 Å². The zero-order valence-corrected chi connectivity index (χ0v) is 19.8. The van der Waals surface area contributed by atoms with Crippen LogP contribution in [-0.2, 0) is 14.8 Å². The van der Waals surface area contributed by atoms with Crippen LogP contribution in [0.3, 0.4) is 0 Å². The van der Waals surface area contributed by atoms with Gasteiger partial charge in [0.2, 0.25) is 0 Å². The minimum Gasteiger partial charge on any atom is -0.493 e. The fraction of sp³-hybridized carbons (Fsp3) is 0.130. The lowest BCUT2D eigenvalue weighted by Gasteiger charge is -2.24. The maximum Gasteiger partial charge on any atom is 0.264 e. The minimum absolute atomic E-state index is 0.0908.